The predicted octanol–water partition coefficient (Wildman–Crippen LogP) is 2.69. The standard InChI is InChI=1S/C17H29N3O/c1-14(2)11-18-12-16-5-4-6-17(19-16)20(3)9-10-21-13-15-7-8-15/h4-6,14-15,18H,7-13H2,1-3H3. The van der Waals surface area contributed by atoms with Gasteiger partial charge in [-0.25, -0.2) is 4.98 Å². The maximum atomic E-state index is 5.69. The zero-order chi connectivity index (χ0) is 15.1. The van der Waals surface area contributed by atoms with Gasteiger partial charge >= 0.3 is 0 Å². The number of pyridine rings is 1. The van der Waals surface area contributed by atoms with Gasteiger partial charge in [-0.15, -0.1) is 0 Å². The number of rotatable bonds is 10. The van der Waals surface area contributed by atoms with Crippen LogP contribution in [0.4, 0.5) is 5.82 Å². The van der Waals surface area contributed by atoms with Crippen LogP contribution in [0.5, 0.6) is 0 Å². The largest absolute Gasteiger partial charge is 0.379 e. The van der Waals surface area contributed by atoms with Crippen LogP contribution in [-0.4, -0.2) is 38.3 Å². The summed E-state index contributed by atoms with van der Waals surface area (Å²) in [6.07, 6.45) is 2.70. The van der Waals surface area contributed by atoms with Crippen LogP contribution in [0, 0.1) is 11.8 Å². The average molecular weight is 291 g/mol. The highest BCUT2D eigenvalue weighted by atomic mass is 16.5. The third kappa shape index (κ3) is 6.44. The summed E-state index contributed by atoms with van der Waals surface area (Å²) in [5.41, 5.74) is 1.10. The van der Waals surface area contributed by atoms with Crippen molar-refractivity contribution in [1.29, 1.82) is 0 Å². The lowest BCUT2D eigenvalue weighted by molar-refractivity contribution is 0.131. The lowest BCUT2D eigenvalue weighted by Crippen LogP contribution is -2.25. The van der Waals surface area contributed by atoms with E-state index in [4.69, 9.17) is 9.72 Å². The number of likely N-dealkylation sites (N-methyl/N-ethyl adjacent to an activating group) is 1. The second-order valence-electron chi connectivity index (χ2n) is 6.45. The minimum Gasteiger partial charge on any atom is -0.379 e. The number of hydrogen-bond acceptors (Lipinski definition) is 4. The molecule has 1 fully saturated rings. The molecule has 2 rings (SSSR count). The van der Waals surface area contributed by atoms with E-state index in [9.17, 15) is 0 Å². The molecule has 1 aromatic rings. The molecule has 21 heavy (non-hydrogen) atoms. The van der Waals surface area contributed by atoms with E-state index in [0.717, 1.165) is 50.3 Å². The Morgan fingerprint density at radius 2 is 2.19 bits per heavy atom. The summed E-state index contributed by atoms with van der Waals surface area (Å²) in [7, 11) is 2.08. The van der Waals surface area contributed by atoms with Crippen LogP contribution < -0.4 is 10.2 Å². The van der Waals surface area contributed by atoms with E-state index in [1.807, 2.05) is 0 Å². The van der Waals surface area contributed by atoms with E-state index in [1.54, 1.807) is 0 Å². The van der Waals surface area contributed by atoms with Crippen LogP contribution in [0.2, 0.25) is 0 Å². The molecule has 4 heteroatoms. The molecule has 1 saturated carbocycles. The van der Waals surface area contributed by atoms with E-state index in [-0.39, 0.29) is 0 Å². The van der Waals surface area contributed by atoms with Gasteiger partial charge in [0, 0.05) is 26.7 Å². The first-order valence-corrected chi connectivity index (χ1v) is 8.10. The van der Waals surface area contributed by atoms with Crippen molar-refractivity contribution in [3.05, 3.63) is 23.9 Å². The molecule has 0 unspecified atom stereocenters. The highest BCUT2D eigenvalue weighted by Gasteiger charge is 2.20. The summed E-state index contributed by atoms with van der Waals surface area (Å²) in [6.45, 7) is 8.89. The van der Waals surface area contributed by atoms with Crippen LogP contribution in [0.25, 0.3) is 0 Å². The Morgan fingerprint density at radius 1 is 1.38 bits per heavy atom. The average Bonchev–Trinajstić information content (AvgIpc) is 3.27. The molecule has 0 bridgehead atoms. The molecular weight excluding hydrogens is 262 g/mol. The number of anilines is 1. The highest BCUT2D eigenvalue weighted by molar-refractivity contribution is 5.38. The number of hydrogen-bond donors (Lipinski definition) is 1. The van der Waals surface area contributed by atoms with Crippen LogP contribution in [0.1, 0.15) is 32.4 Å². The molecular formula is C17H29N3O. The first-order valence-electron chi connectivity index (χ1n) is 8.10. The van der Waals surface area contributed by atoms with Gasteiger partial charge in [-0.05, 0) is 43.4 Å². The highest BCUT2D eigenvalue weighted by Crippen LogP contribution is 2.28. The van der Waals surface area contributed by atoms with Gasteiger partial charge in [-0.1, -0.05) is 19.9 Å². The molecule has 1 aliphatic carbocycles. The normalized spacial score (nSPS) is 14.7. The van der Waals surface area contributed by atoms with Crippen molar-refractivity contribution in [1.82, 2.24) is 10.3 Å². The zero-order valence-corrected chi connectivity index (χ0v) is 13.6. The summed E-state index contributed by atoms with van der Waals surface area (Å²) < 4.78 is 5.69. The number of nitrogens with zero attached hydrogens (tertiary/aromatic N) is 2. The molecule has 0 radical (unpaired) electrons. The van der Waals surface area contributed by atoms with Crippen LogP contribution >= 0.6 is 0 Å². The van der Waals surface area contributed by atoms with E-state index in [2.05, 4.69) is 49.3 Å². The van der Waals surface area contributed by atoms with Crippen molar-refractivity contribution in [2.75, 3.05) is 38.3 Å². The fourth-order valence-corrected chi connectivity index (χ4v) is 2.12. The van der Waals surface area contributed by atoms with Crippen LogP contribution in [-0.2, 0) is 11.3 Å². The fourth-order valence-electron chi connectivity index (χ4n) is 2.12. The van der Waals surface area contributed by atoms with E-state index in [1.165, 1.54) is 12.8 Å². The van der Waals surface area contributed by atoms with Gasteiger partial charge in [0.1, 0.15) is 5.82 Å². The van der Waals surface area contributed by atoms with Crippen LogP contribution in [0.15, 0.2) is 18.2 Å². The fraction of sp³-hybridized carbons (Fsp3) is 0.706. The van der Waals surface area contributed by atoms with Gasteiger partial charge < -0.3 is 15.0 Å². The molecule has 0 saturated heterocycles. The monoisotopic (exact) mass is 291 g/mol. The summed E-state index contributed by atoms with van der Waals surface area (Å²) in [5, 5.41) is 3.43. The van der Waals surface area contributed by atoms with Crippen molar-refractivity contribution in [2.24, 2.45) is 11.8 Å². The Bertz CT molecular complexity index is 418. The maximum absolute atomic E-state index is 5.69. The quantitative estimate of drug-likeness (QED) is 0.673. The second kappa shape index (κ2) is 8.35. The first kappa shape index (κ1) is 16.2. The third-order valence-electron chi connectivity index (χ3n) is 3.66. The lowest BCUT2D eigenvalue weighted by Gasteiger charge is -2.19. The summed E-state index contributed by atoms with van der Waals surface area (Å²) in [4.78, 5) is 6.87. The molecule has 0 amide bonds. The first-order chi connectivity index (χ1) is 10.1. The predicted molar refractivity (Wildman–Crippen MR) is 87.6 cm³/mol. The van der Waals surface area contributed by atoms with E-state index >= 15 is 0 Å². The van der Waals surface area contributed by atoms with Crippen molar-refractivity contribution >= 4 is 5.82 Å². The van der Waals surface area contributed by atoms with Gasteiger partial charge in [0.2, 0.25) is 0 Å². The maximum Gasteiger partial charge on any atom is 0.128 e. The Labute approximate surface area is 128 Å². The second-order valence-corrected chi connectivity index (χ2v) is 6.45. The molecule has 118 valence electrons. The molecule has 0 spiro atoms. The van der Waals surface area contributed by atoms with Gasteiger partial charge in [-0.3, -0.25) is 0 Å². The zero-order valence-electron chi connectivity index (χ0n) is 13.6. The molecule has 1 aliphatic rings. The van der Waals surface area contributed by atoms with Gasteiger partial charge in [0.15, 0.2) is 0 Å². The van der Waals surface area contributed by atoms with E-state index < -0.39 is 0 Å². The number of nitrogens with one attached hydrogen (secondary N) is 1. The van der Waals surface area contributed by atoms with Crippen molar-refractivity contribution in [3.63, 3.8) is 0 Å². The van der Waals surface area contributed by atoms with Crippen molar-refractivity contribution in [3.8, 4) is 0 Å². The van der Waals surface area contributed by atoms with Crippen LogP contribution in [0.3, 0.4) is 0 Å². The Morgan fingerprint density at radius 3 is 2.90 bits per heavy atom. The van der Waals surface area contributed by atoms with Gasteiger partial charge in [0.25, 0.3) is 0 Å². The molecule has 1 aromatic heterocycles. The number of aromatic nitrogens is 1. The summed E-state index contributed by atoms with van der Waals surface area (Å²) in [5.74, 6) is 2.53. The Balaban J connectivity index is 1.72. The minimum atomic E-state index is 0.666. The topological polar surface area (TPSA) is 37.4 Å². The molecule has 0 atom stereocenters. The van der Waals surface area contributed by atoms with Crippen molar-refractivity contribution in [2.45, 2.75) is 33.2 Å². The third-order valence-corrected chi connectivity index (χ3v) is 3.66. The SMILES string of the molecule is CC(C)CNCc1cccc(N(C)CCOCC2CC2)n1. The number of ether oxygens (including phenoxy) is 1. The molecule has 1 heterocycles. The summed E-state index contributed by atoms with van der Waals surface area (Å²) in [6, 6.07) is 6.22. The molecule has 0 aromatic carbocycles. The van der Waals surface area contributed by atoms with E-state index in [0.29, 0.717) is 5.92 Å². The molecule has 4 nitrogen and oxygen atoms in total. The minimum absolute atomic E-state index is 0.666. The smallest absolute Gasteiger partial charge is 0.128 e. The Hall–Kier alpha value is -1.13. The molecule has 1 N–H and O–H groups in total. The van der Waals surface area contributed by atoms with Crippen molar-refractivity contribution < 1.29 is 4.74 Å². The lowest BCUT2D eigenvalue weighted by atomic mass is 10.2. The Kier molecular flexibility index (Phi) is 6.46. The van der Waals surface area contributed by atoms with Gasteiger partial charge in [-0.2, -0.15) is 0 Å². The molecule has 0 aliphatic heterocycles. The van der Waals surface area contributed by atoms with Gasteiger partial charge in [0.05, 0.1) is 12.3 Å². The summed E-state index contributed by atoms with van der Waals surface area (Å²) >= 11 is 0.